The first kappa shape index (κ1) is 14.3. The van der Waals surface area contributed by atoms with Gasteiger partial charge in [0.2, 0.25) is 0 Å². The first-order valence-electron chi connectivity index (χ1n) is 5.96. The molecule has 104 valence electrons. The number of esters is 1. The Morgan fingerprint density at radius 1 is 1.30 bits per heavy atom. The highest BCUT2D eigenvalue weighted by molar-refractivity contribution is 6.30. The zero-order valence-electron chi connectivity index (χ0n) is 10.8. The highest BCUT2D eigenvalue weighted by Gasteiger charge is 2.10. The average Bonchev–Trinajstić information content (AvgIpc) is 2.43. The fraction of sp³-hybridized carbons (Fsp3) is 0.133. The van der Waals surface area contributed by atoms with Gasteiger partial charge in [-0.2, -0.15) is 0 Å². The number of rotatable bonds is 4. The van der Waals surface area contributed by atoms with Gasteiger partial charge >= 0.3 is 5.97 Å². The van der Waals surface area contributed by atoms with Crippen LogP contribution >= 0.6 is 11.6 Å². The molecule has 0 aliphatic rings. The second kappa shape index (κ2) is 6.39. The summed E-state index contributed by atoms with van der Waals surface area (Å²) in [7, 11) is 1.33. The van der Waals surface area contributed by atoms with E-state index in [0.717, 1.165) is 5.56 Å². The summed E-state index contributed by atoms with van der Waals surface area (Å²) in [4.78, 5) is 11.6. The Balaban J connectivity index is 2.16. The number of nitrogens with one attached hydrogen (secondary N) is 1. The molecule has 0 aromatic heterocycles. The minimum Gasteiger partial charge on any atom is -0.465 e. The minimum atomic E-state index is -0.416. The number of ether oxygens (including phenoxy) is 1. The third-order valence-electron chi connectivity index (χ3n) is 2.77. The van der Waals surface area contributed by atoms with Crippen molar-refractivity contribution in [3.8, 4) is 0 Å². The summed E-state index contributed by atoms with van der Waals surface area (Å²) in [5.41, 5.74) is 1.79. The predicted molar refractivity (Wildman–Crippen MR) is 76.5 cm³/mol. The summed E-state index contributed by atoms with van der Waals surface area (Å²) < 4.78 is 17.9. The molecule has 0 aliphatic heterocycles. The van der Waals surface area contributed by atoms with E-state index in [2.05, 4.69) is 5.32 Å². The van der Waals surface area contributed by atoms with Crippen LogP contribution in [0, 0.1) is 5.82 Å². The molecule has 0 saturated heterocycles. The van der Waals surface area contributed by atoms with Gasteiger partial charge in [-0.3, -0.25) is 0 Å². The Bertz CT molecular complexity index is 611. The summed E-state index contributed by atoms with van der Waals surface area (Å²) in [6.45, 7) is 0.366. The fourth-order valence-electron chi connectivity index (χ4n) is 1.84. The molecule has 0 heterocycles. The standard InChI is InChI=1S/C15H13ClFNO2/c1-20-15(19)14-5-3-2-4-10(14)9-18-13-7-11(16)6-12(17)8-13/h2-8,18H,9H2,1H3. The monoisotopic (exact) mass is 293 g/mol. The van der Waals surface area contributed by atoms with Gasteiger partial charge in [-0.25, -0.2) is 9.18 Å². The molecule has 0 unspecified atom stereocenters. The zero-order chi connectivity index (χ0) is 14.5. The van der Waals surface area contributed by atoms with Crippen molar-refractivity contribution >= 4 is 23.3 Å². The molecule has 5 heteroatoms. The topological polar surface area (TPSA) is 38.3 Å². The van der Waals surface area contributed by atoms with Crippen molar-refractivity contribution < 1.29 is 13.9 Å². The number of carbonyl (C=O) groups is 1. The normalized spacial score (nSPS) is 10.2. The predicted octanol–water partition coefficient (Wildman–Crippen LogP) is 3.88. The van der Waals surface area contributed by atoms with Crippen LogP contribution < -0.4 is 5.32 Å². The van der Waals surface area contributed by atoms with Crippen LogP contribution in [0.1, 0.15) is 15.9 Å². The van der Waals surface area contributed by atoms with E-state index in [9.17, 15) is 9.18 Å². The van der Waals surface area contributed by atoms with Crippen molar-refractivity contribution in [2.75, 3.05) is 12.4 Å². The largest absolute Gasteiger partial charge is 0.465 e. The molecule has 0 atom stereocenters. The number of hydrogen-bond acceptors (Lipinski definition) is 3. The molecule has 0 amide bonds. The quantitative estimate of drug-likeness (QED) is 0.870. The third kappa shape index (κ3) is 3.48. The Labute approximate surface area is 121 Å². The Morgan fingerprint density at radius 2 is 2.05 bits per heavy atom. The summed E-state index contributed by atoms with van der Waals surface area (Å²) >= 11 is 5.78. The highest BCUT2D eigenvalue weighted by atomic mass is 35.5. The molecule has 0 bridgehead atoms. The van der Waals surface area contributed by atoms with E-state index >= 15 is 0 Å². The number of halogens is 2. The van der Waals surface area contributed by atoms with Crippen LogP contribution in [-0.2, 0) is 11.3 Å². The molecule has 2 aromatic carbocycles. The van der Waals surface area contributed by atoms with E-state index < -0.39 is 11.8 Å². The van der Waals surface area contributed by atoms with E-state index in [1.165, 1.54) is 19.2 Å². The summed E-state index contributed by atoms with van der Waals surface area (Å²) in [5, 5.41) is 3.34. The second-order valence-corrected chi connectivity index (χ2v) is 4.60. The van der Waals surface area contributed by atoms with Crippen LogP contribution in [0.5, 0.6) is 0 Å². The van der Waals surface area contributed by atoms with Gasteiger partial charge in [0.15, 0.2) is 0 Å². The second-order valence-electron chi connectivity index (χ2n) is 4.16. The van der Waals surface area contributed by atoms with Crippen LogP contribution in [0.25, 0.3) is 0 Å². The zero-order valence-corrected chi connectivity index (χ0v) is 11.6. The molecule has 1 N–H and O–H groups in total. The number of benzene rings is 2. The first-order valence-corrected chi connectivity index (χ1v) is 6.34. The molecule has 0 saturated carbocycles. The fourth-order valence-corrected chi connectivity index (χ4v) is 2.06. The van der Waals surface area contributed by atoms with Crippen molar-refractivity contribution in [2.45, 2.75) is 6.54 Å². The van der Waals surface area contributed by atoms with Gasteiger partial charge < -0.3 is 10.1 Å². The molecule has 0 fully saturated rings. The van der Waals surface area contributed by atoms with Gasteiger partial charge in [0.1, 0.15) is 5.82 Å². The molecule has 2 aromatic rings. The van der Waals surface area contributed by atoms with E-state index in [1.54, 1.807) is 24.3 Å². The number of methoxy groups -OCH3 is 1. The molecule has 0 radical (unpaired) electrons. The molecule has 20 heavy (non-hydrogen) atoms. The lowest BCUT2D eigenvalue weighted by Gasteiger charge is -2.10. The van der Waals surface area contributed by atoms with Crippen LogP contribution in [0.4, 0.5) is 10.1 Å². The Hall–Kier alpha value is -2.07. The van der Waals surface area contributed by atoms with E-state index in [1.807, 2.05) is 6.07 Å². The van der Waals surface area contributed by atoms with Crippen LogP contribution in [-0.4, -0.2) is 13.1 Å². The van der Waals surface area contributed by atoms with Crippen molar-refractivity contribution in [1.82, 2.24) is 0 Å². The average molecular weight is 294 g/mol. The molecular formula is C15H13ClFNO2. The molecule has 2 rings (SSSR count). The molecule has 0 spiro atoms. The Kier molecular flexibility index (Phi) is 4.58. The van der Waals surface area contributed by atoms with Gasteiger partial charge in [0, 0.05) is 17.3 Å². The van der Waals surface area contributed by atoms with Crippen LogP contribution in [0.2, 0.25) is 5.02 Å². The van der Waals surface area contributed by atoms with Gasteiger partial charge in [0.05, 0.1) is 12.7 Å². The van der Waals surface area contributed by atoms with Gasteiger partial charge in [-0.15, -0.1) is 0 Å². The molecule has 0 aliphatic carbocycles. The van der Waals surface area contributed by atoms with Crippen molar-refractivity contribution in [3.05, 3.63) is 64.4 Å². The first-order chi connectivity index (χ1) is 9.60. The van der Waals surface area contributed by atoms with Gasteiger partial charge in [0.25, 0.3) is 0 Å². The van der Waals surface area contributed by atoms with Crippen LogP contribution in [0.3, 0.4) is 0 Å². The highest BCUT2D eigenvalue weighted by Crippen LogP contribution is 2.19. The molecule has 3 nitrogen and oxygen atoms in total. The summed E-state index contributed by atoms with van der Waals surface area (Å²) in [5.74, 6) is -0.819. The Morgan fingerprint density at radius 3 is 2.75 bits per heavy atom. The van der Waals surface area contributed by atoms with E-state index in [-0.39, 0.29) is 0 Å². The summed E-state index contributed by atoms with van der Waals surface area (Å²) in [6, 6.07) is 11.3. The van der Waals surface area contributed by atoms with E-state index in [0.29, 0.717) is 22.8 Å². The summed E-state index contributed by atoms with van der Waals surface area (Å²) in [6.07, 6.45) is 0. The number of anilines is 1. The smallest absolute Gasteiger partial charge is 0.338 e. The van der Waals surface area contributed by atoms with Crippen molar-refractivity contribution in [1.29, 1.82) is 0 Å². The van der Waals surface area contributed by atoms with Crippen molar-refractivity contribution in [3.63, 3.8) is 0 Å². The lowest BCUT2D eigenvalue weighted by atomic mass is 10.1. The van der Waals surface area contributed by atoms with Crippen LogP contribution in [0.15, 0.2) is 42.5 Å². The third-order valence-corrected chi connectivity index (χ3v) is 2.99. The van der Waals surface area contributed by atoms with E-state index in [4.69, 9.17) is 16.3 Å². The van der Waals surface area contributed by atoms with Gasteiger partial charge in [-0.1, -0.05) is 29.8 Å². The maximum atomic E-state index is 13.2. The lowest BCUT2D eigenvalue weighted by molar-refractivity contribution is 0.0599. The maximum absolute atomic E-state index is 13.2. The maximum Gasteiger partial charge on any atom is 0.338 e. The number of hydrogen-bond donors (Lipinski definition) is 1. The molecular weight excluding hydrogens is 281 g/mol. The van der Waals surface area contributed by atoms with Gasteiger partial charge in [-0.05, 0) is 29.8 Å². The number of carbonyl (C=O) groups excluding carboxylic acids is 1. The SMILES string of the molecule is COC(=O)c1ccccc1CNc1cc(F)cc(Cl)c1. The lowest BCUT2D eigenvalue weighted by Crippen LogP contribution is -2.09. The minimum absolute atomic E-state index is 0.314. The van der Waals surface area contributed by atoms with Crippen molar-refractivity contribution in [2.24, 2.45) is 0 Å².